The third-order valence-electron chi connectivity index (χ3n) is 2.96. The maximum Gasteiger partial charge on any atom is 0.184 e. The molecule has 2 N–H and O–H groups in total. The Morgan fingerprint density at radius 2 is 1.90 bits per heavy atom. The topological polar surface area (TPSA) is 60.2 Å². The first-order valence-corrected chi connectivity index (χ1v) is 7.85. The Bertz CT molecular complexity index is 760. The van der Waals surface area contributed by atoms with Gasteiger partial charge in [0.25, 0.3) is 0 Å². The van der Waals surface area contributed by atoms with Crippen molar-refractivity contribution >= 4 is 27.1 Å². The highest BCUT2D eigenvalue weighted by Gasteiger charge is 2.19. The monoisotopic (exact) mass is 313 g/mol. The first-order chi connectivity index (χ1) is 9.29. The van der Waals surface area contributed by atoms with Crippen LogP contribution in [0.2, 0.25) is 5.02 Å². The third kappa shape index (κ3) is 3.11. The summed E-state index contributed by atoms with van der Waals surface area (Å²) in [6, 6.07) is 8.27. The lowest BCUT2D eigenvalue weighted by molar-refractivity contribution is 0.595. The van der Waals surface area contributed by atoms with Gasteiger partial charge in [-0.1, -0.05) is 17.7 Å². The molecule has 0 saturated carbocycles. The van der Waals surface area contributed by atoms with Crippen molar-refractivity contribution in [2.24, 2.45) is 0 Å². The molecule has 0 unspecified atom stereocenters. The van der Waals surface area contributed by atoms with Crippen LogP contribution in [0.3, 0.4) is 0 Å². The molecule has 2 aromatic carbocycles. The fourth-order valence-corrected chi connectivity index (χ4v) is 3.63. The van der Waals surface area contributed by atoms with Gasteiger partial charge in [0.05, 0.1) is 16.3 Å². The molecule has 0 saturated heterocycles. The molecule has 0 amide bonds. The van der Waals surface area contributed by atoms with Gasteiger partial charge in [0, 0.05) is 5.02 Å². The van der Waals surface area contributed by atoms with Gasteiger partial charge >= 0.3 is 0 Å². The molecule has 0 fully saturated rings. The number of nitrogen functional groups attached to an aromatic ring is 1. The Hall–Kier alpha value is -1.59. The zero-order chi connectivity index (χ0) is 14.9. The van der Waals surface area contributed by atoms with E-state index in [2.05, 4.69) is 0 Å². The number of anilines is 1. The fraction of sp³-hybridized carbons (Fsp3) is 0.143. The quantitative estimate of drug-likeness (QED) is 0.884. The Morgan fingerprint density at radius 1 is 1.20 bits per heavy atom. The molecule has 0 aliphatic carbocycles. The highest BCUT2D eigenvalue weighted by atomic mass is 35.5. The van der Waals surface area contributed by atoms with E-state index in [1.165, 1.54) is 30.3 Å². The molecule has 2 aromatic rings. The van der Waals surface area contributed by atoms with E-state index in [0.29, 0.717) is 16.1 Å². The summed E-state index contributed by atoms with van der Waals surface area (Å²) in [7, 11) is -3.65. The molecule has 6 heteroatoms. The van der Waals surface area contributed by atoms with Crippen molar-refractivity contribution in [2.75, 3.05) is 5.73 Å². The Morgan fingerprint density at radius 3 is 2.55 bits per heavy atom. The molecule has 0 heterocycles. The molecular weight excluding hydrogens is 301 g/mol. The van der Waals surface area contributed by atoms with E-state index in [1.54, 1.807) is 13.0 Å². The van der Waals surface area contributed by atoms with E-state index in [-0.39, 0.29) is 16.3 Å². The van der Waals surface area contributed by atoms with Gasteiger partial charge in [-0.25, -0.2) is 12.8 Å². The molecule has 0 bridgehead atoms. The highest BCUT2D eigenvalue weighted by molar-refractivity contribution is 7.90. The van der Waals surface area contributed by atoms with Crippen LogP contribution in [0, 0.1) is 12.7 Å². The maximum absolute atomic E-state index is 13.2. The van der Waals surface area contributed by atoms with Crippen molar-refractivity contribution in [3.8, 4) is 0 Å². The number of aryl methyl sites for hydroxylation is 1. The second-order valence-corrected chi connectivity index (χ2v) is 6.91. The Labute approximate surface area is 122 Å². The van der Waals surface area contributed by atoms with Crippen molar-refractivity contribution in [3.05, 3.63) is 58.4 Å². The van der Waals surface area contributed by atoms with Crippen LogP contribution in [0.15, 0.2) is 41.3 Å². The number of benzene rings is 2. The van der Waals surface area contributed by atoms with Gasteiger partial charge in [0.2, 0.25) is 0 Å². The Kier molecular flexibility index (Phi) is 4.01. The highest BCUT2D eigenvalue weighted by Crippen LogP contribution is 2.26. The van der Waals surface area contributed by atoms with E-state index in [9.17, 15) is 12.8 Å². The van der Waals surface area contributed by atoms with E-state index >= 15 is 0 Å². The first-order valence-electron chi connectivity index (χ1n) is 5.82. The fourth-order valence-electron chi connectivity index (χ4n) is 1.88. The minimum absolute atomic E-state index is 0.00515. The maximum atomic E-state index is 13.2. The van der Waals surface area contributed by atoms with Crippen molar-refractivity contribution in [2.45, 2.75) is 17.6 Å². The molecule has 2 rings (SSSR count). The lowest BCUT2D eigenvalue weighted by Gasteiger charge is -2.10. The predicted octanol–water partition coefficient (Wildman–Crippen LogP) is 3.34. The van der Waals surface area contributed by atoms with Crippen LogP contribution < -0.4 is 5.73 Å². The van der Waals surface area contributed by atoms with Crippen molar-refractivity contribution in [1.82, 2.24) is 0 Å². The molecule has 20 heavy (non-hydrogen) atoms. The van der Waals surface area contributed by atoms with Gasteiger partial charge in [-0.2, -0.15) is 0 Å². The van der Waals surface area contributed by atoms with Gasteiger partial charge in [0.15, 0.2) is 9.84 Å². The van der Waals surface area contributed by atoms with Crippen LogP contribution >= 0.6 is 11.6 Å². The van der Waals surface area contributed by atoms with Gasteiger partial charge < -0.3 is 5.73 Å². The molecule has 106 valence electrons. The molecule has 0 atom stereocenters. The molecular formula is C14H13ClFNO2S. The largest absolute Gasteiger partial charge is 0.398 e. The van der Waals surface area contributed by atoms with Gasteiger partial charge in [-0.15, -0.1) is 0 Å². The minimum atomic E-state index is -3.65. The number of nitrogens with two attached hydrogens (primary N) is 1. The number of halogens is 2. The molecule has 0 radical (unpaired) electrons. The minimum Gasteiger partial charge on any atom is -0.398 e. The molecule has 0 aliphatic heterocycles. The van der Waals surface area contributed by atoms with Crippen molar-refractivity contribution in [1.29, 1.82) is 0 Å². The average molecular weight is 314 g/mol. The lowest BCUT2D eigenvalue weighted by Crippen LogP contribution is -2.09. The van der Waals surface area contributed by atoms with Crippen LogP contribution in [0.4, 0.5) is 10.1 Å². The van der Waals surface area contributed by atoms with Crippen LogP contribution in [-0.4, -0.2) is 8.42 Å². The van der Waals surface area contributed by atoms with E-state index in [0.717, 1.165) is 0 Å². The van der Waals surface area contributed by atoms with Crippen LogP contribution in [0.1, 0.15) is 11.1 Å². The normalized spacial score (nSPS) is 11.6. The lowest BCUT2D eigenvalue weighted by atomic mass is 10.1. The first kappa shape index (κ1) is 14.8. The zero-order valence-electron chi connectivity index (χ0n) is 10.7. The van der Waals surface area contributed by atoms with E-state index in [1.807, 2.05) is 0 Å². The molecule has 0 spiro atoms. The van der Waals surface area contributed by atoms with E-state index in [4.69, 9.17) is 17.3 Å². The van der Waals surface area contributed by atoms with Gasteiger partial charge in [-0.05, 0) is 48.4 Å². The number of rotatable bonds is 3. The second-order valence-electron chi connectivity index (χ2n) is 4.51. The smallest absolute Gasteiger partial charge is 0.184 e. The standard InChI is InChI=1S/C14H13ClFNO2S/c1-9-2-4-12(16)6-10(9)8-20(18,19)14-5-3-11(15)7-13(14)17/h2-7H,8,17H2,1H3. The summed E-state index contributed by atoms with van der Waals surface area (Å²) in [5.41, 5.74) is 6.91. The molecule has 0 aromatic heterocycles. The summed E-state index contributed by atoms with van der Waals surface area (Å²) in [4.78, 5) is 0.00515. The summed E-state index contributed by atoms with van der Waals surface area (Å²) >= 11 is 5.75. The molecule has 3 nitrogen and oxygen atoms in total. The average Bonchev–Trinajstić information content (AvgIpc) is 2.33. The van der Waals surface area contributed by atoms with Gasteiger partial charge in [-0.3, -0.25) is 0 Å². The molecule has 0 aliphatic rings. The summed E-state index contributed by atoms with van der Waals surface area (Å²) in [5, 5.41) is 0.364. The second kappa shape index (κ2) is 5.42. The number of hydrogen-bond acceptors (Lipinski definition) is 3. The van der Waals surface area contributed by atoms with Crippen molar-refractivity contribution < 1.29 is 12.8 Å². The summed E-state index contributed by atoms with van der Waals surface area (Å²) < 4.78 is 37.9. The number of sulfone groups is 1. The van der Waals surface area contributed by atoms with Crippen LogP contribution in [0.25, 0.3) is 0 Å². The van der Waals surface area contributed by atoms with Crippen LogP contribution in [-0.2, 0) is 15.6 Å². The van der Waals surface area contributed by atoms with Crippen LogP contribution in [0.5, 0.6) is 0 Å². The summed E-state index contributed by atoms with van der Waals surface area (Å²) in [6.45, 7) is 1.73. The SMILES string of the molecule is Cc1ccc(F)cc1CS(=O)(=O)c1ccc(Cl)cc1N. The zero-order valence-corrected chi connectivity index (χ0v) is 12.3. The summed E-state index contributed by atoms with van der Waals surface area (Å²) in [6.07, 6.45) is 0. The third-order valence-corrected chi connectivity index (χ3v) is 4.93. The van der Waals surface area contributed by atoms with Crippen molar-refractivity contribution in [3.63, 3.8) is 0 Å². The predicted molar refractivity (Wildman–Crippen MR) is 77.9 cm³/mol. The van der Waals surface area contributed by atoms with E-state index < -0.39 is 15.7 Å². The Balaban J connectivity index is 2.43. The number of hydrogen-bond donors (Lipinski definition) is 1. The summed E-state index contributed by atoms with van der Waals surface area (Å²) in [5.74, 6) is -0.771. The van der Waals surface area contributed by atoms with Gasteiger partial charge in [0.1, 0.15) is 5.82 Å².